The molecule has 1 unspecified atom stereocenters. The van der Waals surface area contributed by atoms with E-state index in [9.17, 15) is 9.59 Å². The Morgan fingerprint density at radius 2 is 2.26 bits per heavy atom. The van der Waals surface area contributed by atoms with Gasteiger partial charge in [0.1, 0.15) is 17.3 Å². The zero-order valence-corrected chi connectivity index (χ0v) is 11.4. The number of nitrogens with zero attached hydrogens (tertiary/aromatic N) is 1. The average molecular weight is 261 g/mol. The Morgan fingerprint density at radius 1 is 1.47 bits per heavy atom. The van der Waals surface area contributed by atoms with Crippen LogP contribution < -0.4 is 4.74 Å². The van der Waals surface area contributed by atoms with Crippen LogP contribution in [0.1, 0.15) is 12.0 Å². The van der Waals surface area contributed by atoms with Crippen LogP contribution >= 0.6 is 0 Å². The topological polar surface area (TPSA) is 46.6 Å². The summed E-state index contributed by atoms with van der Waals surface area (Å²) in [5.74, 6) is 0.345. The van der Waals surface area contributed by atoms with E-state index in [4.69, 9.17) is 4.74 Å². The molecule has 0 amide bonds. The van der Waals surface area contributed by atoms with Crippen molar-refractivity contribution < 1.29 is 14.3 Å². The van der Waals surface area contributed by atoms with Crippen molar-refractivity contribution >= 4 is 11.6 Å². The first-order valence-corrected chi connectivity index (χ1v) is 6.47. The van der Waals surface area contributed by atoms with Gasteiger partial charge in [-0.3, -0.25) is 9.59 Å². The van der Waals surface area contributed by atoms with Gasteiger partial charge >= 0.3 is 0 Å². The van der Waals surface area contributed by atoms with Gasteiger partial charge in [0, 0.05) is 25.9 Å². The molecule has 0 N–H and O–H groups in total. The number of piperidine rings is 1. The number of Topliss-reactive ketones (excluding diaryl/α,β-unsaturated/α-hetero) is 2. The van der Waals surface area contributed by atoms with Crippen LogP contribution in [0.5, 0.6) is 5.75 Å². The van der Waals surface area contributed by atoms with E-state index >= 15 is 0 Å². The molecule has 1 fully saturated rings. The molecule has 0 aliphatic carbocycles. The van der Waals surface area contributed by atoms with Crippen LogP contribution in [0.15, 0.2) is 24.3 Å². The van der Waals surface area contributed by atoms with Crippen LogP contribution in [0.25, 0.3) is 0 Å². The molecule has 19 heavy (non-hydrogen) atoms. The third kappa shape index (κ3) is 3.41. The fourth-order valence-electron chi connectivity index (χ4n) is 2.37. The van der Waals surface area contributed by atoms with Crippen molar-refractivity contribution in [3.05, 3.63) is 29.8 Å². The number of methoxy groups -OCH3 is 1. The van der Waals surface area contributed by atoms with Crippen molar-refractivity contribution in [3.8, 4) is 5.75 Å². The Hall–Kier alpha value is -1.68. The van der Waals surface area contributed by atoms with Gasteiger partial charge in [-0.25, -0.2) is 0 Å². The van der Waals surface area contributed by atoms with Crippen molar-refractivity contribution in [2.45, 2.75) is 12.8 Å². The van der Waals surface area contributed by atoms with Gasteiger partial charge < -0.3 is 9.64 Å². The van der Waals surface area contributed by atoms with E-state index in [0.29, 0.717) is 19.4 Å². The highest BCUT2D eigenvalue weighted by Crippen LogP contribution is 2.18. The van der Waals surface area contributed by atoms with Gasteiger partial charge in [0.25, 0.3) is 0 Å². The molecule has 2 rings (SSSR count). The van der Waals surface area contributed by atoms with E-state index in [2.05, 4.69) is 0 Å². The number of likely N-dealkylation sites (tertiary alicyclic amines) is 1. The van der Waals surface area contributed by atoms with Gasteiger partial charge in [-0.2, -0.15) is 0 Å². The lowest BCUT2D eigenvalue weighted by atomic mass is 9.89. The fraction of sp³-hybridized carbons (Fsp3) is 0.467. The molecular formula is C15H19NO3. The molecule has 1 aliphatic heterocycles. The highest BCUT2D eigenvalue weighted by molar-refractivity contribution is 6.03. The maximum absolute atomic E-state index is 12.2. The summed E-state index contributed by atoms with van der Waals surface area (Å²) in [6.07, 6.45) is 0.770. The first-order chi connectivity index (χ1) is 9.10. The van der Waals surface area contributed by atoms with Gasteiger partial charge in [0.15, 0.2) is 0 Å². The highest BCUT2D eigenvalue weighted by Gasteiger charge is 2.30. The van der Waals surface area contributed by atoms with Crippen LogP contribution in [0.2, 0.25) is 0 Å². The van der Waals surface area contributed by atoms with Crippen LogP contribution in [-0.4, -0.2) is 43.7 Å². The Morgan fingerprint density at radius 3 is 3.00 bits per heavy atom. The number of ether oxygens (including phenoxy) is 1. The third-order valence-corrected chi connectivity index (χ3v) is 3.52. The van der Waals surface area contributed by atoms with E-state index in [1.165, 1.54) is 0 Å². The third-order valence-electron chi connectivity index (χ3n) is 3.52. The lowest BCUT2D eigenvalue weighted by molar-refractivity contribution is -0.135. The minimum atomic E-state index is -0.468. The quantitative estimate of drug-likeness (QED) is 0.767. The summed E-state index contributed by atoms with van der Waals surface area (Å²) in [6, 6.07) is 7.43. The summed E-state index contributed by atoms with van der Waals surface area (Å²) in [7, 11) is 3.54. The van der Waals surface area contributed by atoms with Gasteiger partial charge in [0.05, 0.1) is 13.0 Å². The van der Waals surface area contributed by atoms with Crippen molar-refractivity contribution in [3.63, 3.8) is 0 Å². The van der Waals surface area contributed by atoms with Crippen LogP contribution in [-0.2, 0) is 16.0 Å². The molecule has 0 bridgehead atoms. The average Bonchev–Trinajstić information content (AvgIpc) is 2.41. The molecule has 1 saturated heterocycles. The minimum Gasteiger partial charge on any atom is -0.497 e. The number of ketones is 2. The summed E-state index contributed by atoms with van der Waals surface area (Å²) >= 11 is 0. The lowest BCUT2D eigenvalue weighted by Crippen LogP contribution is -2.42. The summed E-state index contributed by atoms with van der Waals surface area (Å²) in [5, 5.41) is 0. The number of benzene rings is 1. The number of carbonyl (C=O) groups excluding carboxylic acids is 2. The molecule has 0 saturated carbocycles. The Labute approximate surface area is 113 Å². The predicted octanol–water partition coefficient (Wildman–Crippen LogP) is 1.33. The maximum atomic E-state index is 12.2. The second-order valence-corrected chi connectivity index (χ2v) is 5.03. The number of hydrogen-bond donors (Lipinski definition) is 0. The molecule has 0 aromatic heterocycles. The summed E-state index contributed by atoms with van der Waals surface area (Å²) in [4.78, 5) is 26.1. The van der Waals surface area contributed by atoms with Crippen LogP contribution in [0.3, 0.4) is 0 Å². The second-order valence-electron chi connectivity index (χ2n) is 5.03. The molecule has 102 valence electrons. The van der Waals surface area contributed by atoms with Crippen LogP contribution in [0, 0.1) is 5.92 Å². The smallest absolute Gasteiger partial charge is 0.148 e. The van der Waals surface area contributed by atoms with Crippen LogP contribution in [0.4, 0.5) is 0 Å². The highest BCUT2D eigenvalue weighted by atomic mass is 16.5. The first kappa shape index (κ1) is 13.7. The molecule has 1 aromatic rings. The first-order valence-electron chi connectivity index (χ1n) is 6.47. The van der Waals surface area contributed by atoms with Crippen molar-refractivity contribution in [2.75, 3.05) is 27.2 Å². The molecule has 1 heterocycles. The van der Waals surface area contributed by atoms with Crippen molar-refractivity contribution in [2.24, 2.45) is 5.92 Å². The molecule has 4 heteroatoms. The van der Waals surface area contributed by atoms with Crippen molar-refractivity contribution in [1.82, 2.24) is 4.90 Å². The van der Waals surface area contributed by atoms with Gasteiger partial charge in [-0.05, 0) is 24.7 Å². The zero-order chi connectivity index (χ0) is 13.8. The molecular weight excluding hydrogens is 242 g/mol. The molecule has 0 spiro atoms. The molecule has 4 nitrogen and oxygen atoms in total. The SMILES string of the molecule is COc1cccc(CC(=O)C2CN(C)CCC2=O)c1. The van der Waals surface area contributed by atoms with E-state index in [-0.39, 0.29) is 11.6 Å². The maximum Gasteiger partial charge on any atom is 0.148 e. The summed E-state index contributed by atoms with van der Waals surface area (Å²) in [5.41, 5.74) is 0.894. The van der Waals surface area contributed by atoms with Gasteiger partial charge in [0.2, 0.25) is 0 Å². The lowest BCUT2D eigenvalue weighted by Gasteiger charge is -2.27. The van der Waals surface area contributed by atoms with Gasteiger partial charge in [-0.1, -0.05) is 12.1 Å². The molecule has 1 aliphatic rings. The summed E-state index contributed by atoms with van der Waals surface area (Å²) in [6.45, 7) is 1.30. The van der Waals surface area contributed by atoms with E-state index in [1.54, 1.807) is 7.11 Å². The largest absolute Gasteiger partial charge is 0.497 e. The minimum absolute atomic E-state index is 0.00445. The van der Waals surface area contributed by atoms with E-state index < -0.39 is 5.92 Å². The Balaban J connectivity index is 2.05. The Kier molecular flexibility index (Phi) is 4.32. The zero-order valence-electron chi connectivity index (χ0n) is 11.4. The normalized spacial score (nSPS) is 20.3. The Bertz CT molecular complexity index is 484. The van der Waals surface area contributed by atoms with Gasteiger partial charge in [-0.15, -0.1) is 0 Å². The monoisotopic (exact) mass is 261 g/mol. The van der Waals surface area contributed by atoms with E-state index in [1.807, 2.05) is 36.2 Å². The number of rotatable bonds is 4. The number of carbonyl (C=O) groups is 2. The standard InChI is InChI=1S/C15H19NO3/c1-16-7-6-14(17)13(10-16)15(18)9-11-4-3-5-12(8-11)19-2/h3-5,8,13H,6-7,9-10H2,1-2H3. The molecule has 1 aromatic carbocycles. The van der Waals surface area contributed by atoms with Crippen molar-refractivity contribution in [1.29, 1.82) is 0 Å². The fourth-order valence-corrected chi connectivity index (χ4v) is 2.37. The molecule has 0 radical (unpaired) electrons. The summed E-state index contributed by atoms with van der Waals surface area (Å²) < 4.78 is 5.13. The molecule has 1 atom stereocenters. The van der Waals surface area contributed by atoms with E-state index in [0.717, 1.165) is 17.9 Å². The number of hydrogen-bond acceptors (Lipinski definition) is 4. The second kappa shape index (κ2) is 5.97. The predicted molar refractivity (Wildman–Crippen MR) is 72.3 cm³/mol.